The number of likely N-dealkylation sites (tertiary alicyclic amines) is 1. The number of aliphatic hydroxyl groups is 1. The minimum absolute atomic E-state index is 0.0770. The summed E-state index contributed by atoms with van der Waals surface area (Å²) >= 11 is 0. The molecule has 0 unspecified atom stereocenters. The normalized spacial score (nSPS) is 14.9. The summed E-state index contributed by atoms with van der Waals surface area (Å²) in [5.74, 6) is 0.392. The lowest BCUT2D eigenvalue weighted by Crippen LogP contribution is -2.61. The van der Waals surface area contributed by atoms with E-state index in [0.29, 0.717) is 28.1 Å². The van der Waals surface area contributed by atoms with Gasteiger partial charge in [0.2, 0.25) is 0 Å². The van der Waals surface area contributed by atoms with Crippen LogP contribution in [0.5, 0.6) is 5.75 Å². The van der Waals surface area contributed by atoms with Gasteiger partial charge in [-0.05, 0) is 54.1 Å². The number of pyridine rings is 1. The largest absolute Gasteiger partial charge is 0.497 e. The van der Waals surface area contributed by atoms with Crippen LogP contribution in [-0.2, 0) is 15.6 Å². The van der Waals surface area contributed by atoms with Gasteiger partial charge in [0.05, 0.1) is 25.7 Å². The molecule has 1 amide bonds. The molecule has 9 heteroatoms. The average molecular weight is 490 g/mol. The molecule has 1 aliphatic rings. The molecule has 2 N–H and O–H groups in total. The van der Waals surface area contributed by atoms with Gasteiger partial charge in [-0.3, -0.25) is 14.5 Å². The highest BCUT2D eigenvalue weighted by atomic mass is 32.2. The van der Waals surface area contributed by atoms with E-state index in [1.807, 2.05) is 0 Å². The van der Waals surface area contributed by atoms with Crippen molar-refractivity contribution >= 4 is 32.5 Å². The van der Waals surface area contributed by atoms with Gasteiger partial charge in [-0.1, -0.05) is 30.3 Å². The van der Waals surface area contributed by atoms with E-state index in [0.717, 1.165) is 5.39 Å². The number of para-hydroxylation sites is 1. The van der Waals surface area contributed by atoms with Gasteiger partial charge in [0.15, 0.2) is 0 Å². The van der Waals surface area contributed by atoms with Crippen LogP contribution in [-0.4, -0.2) is 49.5 Å². The molecule has 0 aliphatic carbocycles. The number of anilines is 1. The molecule has 0 bridgehead atoms. The Kier molecular flexibility index (Phi) is 5.66. The molecule has 1 aliphatic heterocycles. The van der Waals surface area contributed by atoms with Gasteiger partial charge in [0, 0.05) is 22.8 Å². The predicted molar refractivity (Wildman–Crippen MR) is 132 cm³/mol. The maximum atomic E-state index is 13.0. The number of carbonyl (C=O) groups excluding carboxylic acids is 1. The Labute approximate surface area is 202 Å². The third kappa shape index (κ3) is 4.31. The van der Waals surface area contributed by atoms with Crippen molar-refractivity contribution < 1.29 is 23.1 Å². The number of nitrogens with zero attached hydrogens (tertiary/aromatic N) is 2. The number of sulfonamides is 1. The second-order valence-corrected chi connectivity index (χ2v) is 10.1. The van der Waals surface area contributed by atoms with Crippen LogP contribution >= 0.6 is 0 Å². The summed E-state index contributed by atoms with van der Waals surface area (Å²) in [5.41, 5.74) is 0.661. The number of hydrogen-bond acceptors (Lipinski definition) is 6. The molecule has 1 saturated heterocycles. The first-order chi connectivity index (χ1) is 16.8. The second-order valence-electron chi connectivity index (χ2n) is 8.44. The van der Waals surface area contributed by atoms with Crippen LogP contribution in [0.25, 0.3) is 10.9 Å². The number of aromatic nitrogens is 1. The fraction of sp³-hybridized carbons (Fsp3) is 0.154. The Bertz CT molecular complexity index is 1510. The number of nitrogens with one attached hydrogen (secondary N) is 1. The van der Waals surface area contributed by atoms with E-state index < -0.39 is 15.6 Å². The van der Waals surface area contributed by atoms with Crippen LogP contribution < -0.4 is 9.46 Å². The van der Waals surface area contributed by atoms with Crippen molar-refractivity contribution in [3.63, 3.8) is 0 Å². The van der Waals surface area contributed by atoms with Crippen molar-refractivity contribution in [2.45, 2.75) is 10.5 Å². The average Bonchev–Trinajstić information content (AvgIpc) is 2.86. The van der Waals surface area contributed by atoms with E-state index in [1.54, 1.807) is 78.9 Å². The molecule has 0 saturated carbocycles. The zero-order chi connectivity index (χ0) is 24.6. The van der Waals surface area contributed by atoms with Gasteiger partial charge in [-0.15, -0.1) is 0 Å². The number of ether oxygens (including phenoxy) is 1. The number of rotatable bonds is 6. The molecule has 2 heterocycles. The minimum atomic E-state index is -3.89. The van der Waals surface area contributed by atoms with Crippen LogP contribution in [0.15, 0.2) is 90.0 Å². The topological polar surface area (TPSA) is 109 Å². The van der Waals surface area contributed by atoms with Crippen molar-refractivity contribution in [2.75, 3.05) is 24.9 Å². The highest BCUT2D eigenvalue weighted by Gasteiger charge is 2.45. The molecule has 0 spiro atoms. The Balaban J connectivity index is 1.28. The molecule has 5 rings (SSSR count). The summed E-state index contributed by atoms with van der Waals surface area (Å²) in [6, 6.07) is 21.9. The van der Waals surface area contributed by atoms with Crippen LogP contribution in [0.2, 0.25) is 0 Å². The summed E-state index contributed by atoms with van der Waals surface area (Å²) in [6.45, 7) is 0.308. The van der Waals surface area contributed by atoms with Gasteiger partial charge in [0.25, 0.3) is 15.9 Å². The summed E-state index contributed by atoms with van der Waals surface area (Å²) in [5, 5.41) is 11.6. The first-order valence-corrected chi connectivity index (χ1v) is 12.4. The molecule has 0 radical (unpaired) electrons. The van der Waals surface area contributed by atoms with Gasteiger partial charge in [-0.2, -0.15) is 0 Å². The standard InChI is InChI=1S/C26H23N3O5S/c1-34-22-8-3-7-20(15-22)26(31)16-29(17-26)25(30)19-10-12-21(13-11-19)28-35(32,33)23-9-2-5-18-6-4-14-27-24(18)23/h2-15,28,31H,16-17H2,1H3. The number of carbonyl (C=O) groups is 1. The first-order valence-electron chi connectivity index (χ1n) is 10.9. The minimum Gasteiger partial charge on any atom is -0.497 e. The Hall–Kier alpha value is -3.95. The molecule has 4 aromatic rings. The Morgan fingerprint density at radius 1 is 1.03 bits per heavy atom. The van der Waals surface area contributed by atoms with E-state index >= 15 is 0 Å². The van der Waals surface area contributed by atoms with Crippen molar-refractivity contribution in [1.82, 2.24) is 9.88 Å². The molecule has 1 fully saturated rings. The van der Waals surface area contributed by atoms with E-state index in [-0.39, 0.29) is 23.9 Å². The number of benzene rings is 3. The summed E-state index contributed by atoms with van der Waals surface area (Å²) in [6.07, 6.45) is 1.55. The summed E-state index contributed by atoms with van der Waals surface area (Å²) < 4.78 is 33.7. The van der Waals surface area contributed by atoms with E-state index in [9.17, 15) is 18.3 Å². The smallest absolute Gasteiger partial charge is 0.264 e. The highest BCUT2D eigenvalue weighted by Crippen LogP contribution is 2.34. The van der Waals surface area contributed by atoms with Crippen LogP contribution in [0.4, 0.5) is 5.69 Å². The lowest BCUT2D eigenvalue weighted by molar-refractivity contribution is -0.0864. The first kappa shape index (κ1) is 22.8. The Morgan fingerprint density at radius 2 is 1.74 bits per heavy atom. The molecule has 35 heavy (non-hydrogen) atoms. The molecule has 1 aromatic heterocycles. The monoisotopic (exact) mass is 489 g/mol. The molecule has 0 atom stereocenters. The van der Waals surface area contributed by atoms with Gasteiger partial charge in [-0.25, -0.2) is 8.42 Å². The van der Waals surface area contributed by atoms with Gasteiger partial charge in [0.1, 0.15) is 16.2 Å². The Morgan fingerprint density at radius 3 is 2.49 bits per heavy atom. The van der Waals surface area contributed by atoms with E-state index in [2.05, 4.69) is 9.71 Å². The highest BCUT2D eigenvalue weighted by molar-refractivity contribution is 7.93. The molecular weight excluding hydrogens is 466 g/mol. The molecular formula is C26H23N3O5S. The van der Waals surface area contributed by atoms with E-state index in [4.69, 9.17) is 4.74 Å². The van der Waals surface area contributed by atoms with E-state index in [1.165, 1.54) is 18.2 Å². The third-order valence-electron chi connectivity index (χ3n) is 6.07. The fourth-order valence-corrected chi connectivity index (χ4v) is 5.43. The lowest BCUT2D eigenvalue weighted by atomic mass is 9.85. The van der Waals surface area contributed by atoms with Crippen molar-refractivity contribution in [1.29, 1.82) is 0 Å². The van der Waals surface area contributed by atoms with Gasteiger partial charge < -0.3 is 14.7 Å². The molecule has 3 aromatic carbocycles. The van der Waals surface area contributed by atoms with Crippen molar-refractivity contribution in [2.24, 2.45) is 0 Å². The third-order valence-corrected chi connectivity index (χ3v) is 7.48. The quantitative estimate of drug-likeness (QED) is 0.430. The zero-order valence-corrected chi connectivity index (χ0v) is 19.7. The van der Waals surface area contributed by atoms with Crippen molar-refractivity contribution in [3.05, 3.63) is 96.2 Å². The summed E-state index contributed by atoms with van der Waals surface area (Å²) in [4.78, 5) is 18.7. The van der Waals surface area contributed by atoms with Crippen LogP contribution in [0, 0.1) is 0 Å². The number of β-amino-alcohol motifs (C(OH)–C–C–N with tert-alkyl or cyclic N) is 1. The predicted octanol–water partition coefficient (Wildman–Crippen LogP) is 3.39. The molecule has 8 nitrogen and oxygen atoms in total. The number of amides is 1. The maximum absolute atomic E-state index is 13.0. The fourth-order valence-electron chi connectivity index (χ4n) is 4.19. The lowest BCUT2D eigenvalue weighted by Gasteiger charge is -2.46. The van der Waals surface area contributed by atoms with Crippen LogP contribution in [0.3, 0.4) is 0 Å². The van der Waals surface area contributed by atoms with Crippen molar-refractivity contribution in [3.8, 4) is 5.75 Å². The number of methoxy groups -OCH3 is 1. The van der Waals surface area contributed by atoms with Crippen LogP contribution in [0.1, 0.15) is 15.9 Å². The second kappa shape index (κ2) is 8.68. The molecule has 178 valence electrons. The zero-order valence-electron chi connectivity index (χ0n) is 18.9. The number of fused-ring (bicyclic) bond motifs is 1. The maximum Gasteiger partial charge on any atom is 0.264 e. The number of hydrogen-bond donors (Lipinski definition) is 2. The SMILES string of the molecule is COc1cccc(C2(O)CN(C(=O)c3ccc(NS(=O)(=O)c4cccc5cccnc45)cc3)C2)c1. The summed E-state index contributed by atoms with van der Waals surface area (Å²) in [7, 11) is -2.33. The van der Waals surface area contributed by atoms with Gasteiger partial charge >= 0.3 is 0 Å².